The van der Waals surface area contributed by atoms with E-state index in [0.29, 0.717) is 30.0 Å². The van der Waals surface area contributed by atoms with Crippen LogP contribution < -0.4 is 4.74 Å². The molecule has 6 nitrogen and oxygen atoms in total. The molecule has 0 fully saturated rings. The number of rotatable bonds is 8. The van der Waals surface area contributed by atoms with Gasteiger partial charge < -0.3 is 9.64 Å². The smallest absolute Gasteiger partial charge is 0.278 e. The fourth-order valence-electron chi connectivity index (χ4n) is 3.81. The number of imide groups is 1. The van der Waals surface area contributed by atoms with E-state index in [9.17, 15) is 9.59 Å². The van der Waals surface area contributed by atoms with Crippen LogP contribution in [0.5, 0.6) is 5.75 Å². The summed E-state index contributed by atoms with van der Waals surface area (Å²) in [7, 11) is 1.85. The standard InChI is InChI=1S/C26H25N3O3/c1-3-32-22-11-9-21(10-12-22)23-24(28(2)17-19-7-5-4-6-8-19)26(31)29(25(23)30)18-20-13-15-27-16-14-20/h4-16H,3,17-18H2,1-2H3. The van der Waals surface area contributed by atoms with Crippen LogP contribution in [0.25, 0.3) is 5.57 Å². The van der Waals surface area contributed by atoms with Crippen LogP contribution in [-0.2, 0) is 22.7 Å². The van der Waals surface area contributed by atoms with E-state index in [1.165, 1.54) is 4.90 Å². The highest BCUT2D eigenvalue weighted by atomic mass is 16.5. The van der Waals surface area contributed by atoms with Gasteiger partial charge >= 0.3 is 0 Å². The van der Waals surface area contributed by atoms with E-state index in [2.05, 4.69) is 4.98 Å². The van der Waals surface area contributed by atoms with Crippen LogP contribution in [0.15, 0.2) is 84.8 Å². The second kappa shape index (κ2) is 9.47. The lowest BCUT2D eigenvalue weighted by Crippen LogP contribution is -2.33. The normalized spacial score (nSPS) is 13.6. The number of carbonyl (C=O) groups excluding carboxylic acids is 2. The third-order valence-corrected chi connectivity index (χ3v) is 5.33. The number of hydrogen-bond acceptors (Lipinski definition) is 5. The molecule has 2 heterocycles. The van der Waals surface area contributed by atoms with Crippen molar-refractivity contribution >= 4 is 17.4 Å². The Kier molecular flexibility index (Phi) is 6.31. The highest BCUT2D eigenvalue weighted by Gasteiger charge is 2.40. The van der Waals surface area contributed by atoms with Crippen molar-refractivity contribution in [1.29, 1.82) is 0 Å². The third-order valence-electron chi connectivity index (χ3n) is 5.33. The van der Waals surface area contributed by atoms with Crippen molar-refractivity contribution in [1.82, 2.24) is 14.8 Å². The largest absolute Gasteiger partial charge is 0.494 e. The minimum Gasteiger partial charge on any atom is -0.494 e. The Labute approximate surface area is 187 Å². The van der Waals surface area contributed by atoms with Crippen LogP contribution in [0.1, 0.15) is 23.6 Å². The second-order valence-corrected chi connectivity index (χ2v) is 7.57. The highest BCUT2D eigenvalue weighted by Crippen LogP contribution is 2.33. The summed E-state index contributed by atoms with van der Waals surface area (Å²) in [5, 5.41) is 0. The molecule has 0 saturated heterocycles. The van der Waals surface area contributed by atoms with Gasteiger partial charge in [0.15, 0.2) is 0 Å². The summed E-state index contributed by atoms with van der Waals surface area (Å²) in [5.74, 6) is 0.126. The Morgan fingerprint density at radius 1 is 0.875 bits per heavy atom. The first kappa shape index (κ1) is 21.3. The lowest BCUT2D eigenvalue weighted by Gasteiger charge is -2.21. The highest BCUT2D eigenvalue weighted by molar-refractivity contribution is 6.35. The van der Waals surface area contributed by atoms with E-state index in [1.54, 1.807) is 12.4 Å². The van der Waals surface area contributed by atoms with Crippen molar-refractivity contribution in [3.05, 3.63) is 102 Å². The predicted octanol–water partition coefficient (Wildman–Crippen LogP) is 3.89. The van der Waals surface area contributed by atoms with Gasteiger partial charge in [-0.25, -0.2) is 0 Å². The monoisotopic (exact) mass is 427 g/mol. The van der Waals surface area contributed by atoms with Gasteiger partial charge in [-0.2, -0.15) is 0 Å². The van der Waals surface area contributed by atoms with Crippen molar-refractivity contribution in [3.63, 3.8) is 0 Å². The number of amides is 2. The number of likely N-dealkylation sites (N-methyl/N-ethyl adjacent to an activating group) is 1. The van der Waals surface area contributed by atoms with Crippen molar-refractivity contribution < 1.29 is 14.3 Å². The zero-order chi connectivity index (χ0) is 22.5. The average molecular weight is 428 g/mol. The molecule has 0 saturated carbocycles. The maximum Gasteiger partial charge on any atom is 0.278 e. The zero-order valence-corrected chi connectivity index (χ0v) is 18.2. The molecule has 0 unspecified atom stereocenters. The molecule has 6 heteroatoms. The maximum atomic E-state index is 13.5. The topological polar surface area (TPSA) is 62.7 Å². The molecule has 0 bridgehead atoms. The third kappa shape index (κ3) is 4.39. The van der Waals surface area contributed by atoms with Gasteiger partial charge in [-0.15, -0.1) is 0 Å². The van der Waals surface area contributed by atoms with Crippen LogP contribution in [0.4, 0.5) is 0 Å². The van der Waals surface area contributed by atoms with E-state index < -0.39 is 0 Å². The Morgan fingerprint density at radius 3 is 2.22 bits per heavy atom. The molecule has 1 aliphatic rings. The van der Waals surface area contributed by atoms with Gasteiger partial charge in [-0.05, 0) is 47.9 Å². The summed E-state index contributed by atoms with van der Waals surface area (Å²) >= 11 is 0. The average Bonchev–Trinajstić information content (AvgIpc) is 3.06. The Hall–Kier alpha value is -3.93. The van der Waals surface area contributed by atoms with Crippen LogP contribution in [0, 0.1) is 0 Å². The van der Waals surface area contributed by atoms with E-state index in [-0.39, 0.29) is 18.4 Å². The number of ether oxygens (including phenoxy) is 1. The SMILES string of the molecule is CCOc1ccc(C2=C(N(C)Cc3ccccc3)C(=O)N(Cc3ccncc3)C2=O)cc1. The summed E-state index contributed by atoms with van der Waals surface area (Å²) < 4.78 is 5.53. The molecule has 4 rings (SSSR count). The zero-order valence-electron chi connectivity index (χ0n) is 18.2. The fourth-order valence-corrected chi connectivity index (χ4v) is 3.81. The lowest BCUT2D eigenvalue weighted by atomic mass is 10.0. The van der Waals surface area contributed by atoms with Crippen LogP contribution in [0.2, 0.25) is 0 Å². The van der Waals surface area contributed by atoms with Crippen LogP contribution >= 0.6 is 0 Å². The van der Waals surface area contributed by atoms with Crippen molar-refractivity contribution in [2.24, 2.45) is 0 Å². The molecule has 32 heavy (non-hydrogen) atoms. The molecule has 1 aromatic heterocycles. The number of pyridine rings is 1. The molecule has 0 aliphatic carbocycles. The molecular weight excluding hydrogens is 402 g/mol. The Morgan fingerprint density at radius 2 is 1.56 bits per heavy atom. The van der Waals surface area contributed by atoms with Gasteiger partial charge in [-0.1, -0.05) is 42.5 Å². The molecule has 0 atom stereocenters. The molecule has 2 aromatic carbocycles. The summed E-state index contributed by atoms with van der Waals surface area (Å²) in [5.41, 5.74) is 3.41. The van der Waals surface area contributed by atoms with E-state index in [0.717, 1.165) is 16.9 Å². The summed E-state index contributed by atoms with van der Waals surface area (Å²) in [6.07, 6.45) is 3.31. The van der Waals surface area contributed by atoms with Crippen molar-refractivity contribution in [2.45, 2.75) is 20.0 Å². The number of hydrogen-bond donors (Lipinski definition) is 0. The molecule has 3 aromatic rings. The molecule has 0 radical (unpaired) electrons. The Balaban J connectivity index is 1.71. The summed E-state index contributed by atoms with van der Waals surface area (Å²) in [6, 6.07) is 20.8. The minimum atomic E-state index is -0.300. The number of carbonyl (C=O) groups is 2. The van der Waals surface area contributed by atoms with Gasteiger partial charge in [-0.3, -0.25) is 19.5 Å². The number of nitrogens with zero attached hydrogens (tertiary/aromatic N) is 3. The van der Waals surface area contributed by atoms with Crippen molar-refractivity contribution in [3.8, 4) is 5.75 Å². The lowest BCUT2D eigenvalue weighted by molar-refractivity contribution is -0.138. The van der Waals surface area contributed by atoms with Gasteiger partial charge in [0, 0.05) is 26.0 Å². The fraction of sp³-hybridized carbons (Fsp3) is 0.192. The van der Waals surface area contributed by atoms with Gasteiger partial charge in [0.1, 0.15) is 11.4 Å². The quantitative estimate of drug-likeness (QED) is 0.511. The van der Waals surface area contributed by atoms with E-state index in [1.807, 2.05) is 85.6 Å². The molecule has 0 N–H and O–H groups in total. The number of benzene rings is 2. The maximum absolute atomic E-state index is 13.5. The predicted molar refractivity (Wildman–Crippen MR) is 122 cm³/mol. The van der Waals surface area contributed by atoms with E-state index in [4.69, 9.17) is 4.74 Å². The minimum absolute atomic E-state index is 0.198. The number of aromatic nitrogens is 1. The summed E-state index contributed by atoms with van der Waals surface area (Å²) in [6.45, 7) is 3.19. The first-order chi connectivity index (χ1) is 15.6. The molecule has 162 valence electrons. The molecule has 1 aliphatic heterocycles. The first-order valence-electron chi connectivity index (χ1n) is 10.6. The molecular formula is C26H25N3O3. The van der Waals surface area contributed by atoms with Crippen molar-refractivity contribution in [2.75, 3.05) is 13.7 Å². The van der Waals surface area contributed by atoms with E-state index >= 15 is 0 Å². The van der Waals surface area contributed by atoms with Gasteiger partial charge in [0.2, 0.25) is 0 Å². The molecule has 0 spiro atoms. The van der Waals surface area contributed by atoms with Gasteiger partial charge in [0.05, 0.1) is 18.7 Å². The van der Waals surface area contributed by atoms with Gasteiger partial charge in [0.25, 0.3) is 11.8 Å². The van der Waals surface area contributed by atoms with Crippen LogP contribution in [-0.4, -0.2) is 40.3 Å². The summed E-state index contributed by atoms with van der Waals surface area (Å²) in [4.78, 5) is 34.1. The molecule has 2 amide bonds. The Bertz CT molecular complexity index is 1130. The second-order valence-electron chi connectivity index (χ2n) is 7.57. The first-order valence-corrected chi connectivity index (χ1v) is 10.6. The van der Waals surface area contributed by atoms with Crippen LogP contribution in [0.3, 0.4) is 0 Å².